The quantitative estimate of drug-likeness (QED) is 0.218. The molecule has 4 fully saturated rings. The third-order valence-electron chi connectivity index (χ3n) is 14.0. The summed E-state index contributed by atoms with van der Waals surface area (Å²) in [4.78, 5) is 9.06. The number of rotatable bonds is 11. The second-order valence-corrected chi connectivity index (χ2v) is 17.7. The van der Waals surface area contributed by atoms with E-state index in [0.29, 0.717) is 55.4 Å². The molecule has 0 saturated heterocycles. The van der Waals surface area contributed by atoms with Gasteiger partial charge in [-0.25, -0.2) is 9.98 Å². The molecule has 2 unspecified atom stereocenters. The van der Waals surface area contributed by atoms with Crippen molar-refractivity contribution in [2.75, 3.05) is 33.4 Å². The van der Waals surface area contributed by atoms with Gasteiger partial charge in [-0.15, -0.1) is 0 Å². The Balaban J connectivity index is 0.841. The number of hydrogen-bond donors (Lipinski definition) is 0. The molecular formula is C40H68N2O6. The Bertz CT molecular complexity index is 1060. The summed E-state index contributed by atoms with van der Waals surface area (Å²) in [5.41, 5.74) is 0.772. The van der Waals surface area contributed by atoms with E-state index in [9.17, 15) is 0 Å². The summed E-state index contributed by atoms with van der Waals surface area (Å²) in [6.45, 7) is 15.0. The van der Waals surface area contributed by atoms with Gasteiger partial charge in [0.1, 0.15) is 24.4 Å². The SMILES string of the molecule is COCC1CN=C(OC2CCC(C(C)(C)C3CCC(OC4=NCC(COC5CCC(C(C)(C)C6CCC(C)CC6)CC5)O4)CC3)CC2)O1. The van der Waals surface area contributed by atoms with E-state index >= 15 is 0 Å². The van der Waals surface area contributed by atoms with E-state index < -0.39 is 0 Å². The van der Waals surface area contributed by atoms with Gasteiger partial charge in [-0.05, 0) is 130 Å². The van der Waals surface area contributed by atoms with Crippen molar-refractivity contribution in [3.8, 4) is 0 Å². The van der Waals surface area contributed by atoms with E-state index in [0.717, 1.165) is 55.3 Å². The topological polar surface area (TPSA) is 80.1 Å². The van der Waals surface area contributed by atoms with Gasteiger partial charge in [0.05, 0.1) is 32.4 Å². The first-order chi connectivity index (χ1) is 23.1. The lowest BCUT2D eigenvalue weighted by Gasteiger charge is -2.46. The smallest absolute Gasteiger partial charge is 0.384 e. The highest BCUT2D eigenvalue weighted by Crippen LogP contribution is 2.50. The van der Waals surface area contributed by atoms with Gasteiger partial charge in [0.2, 0.25) is 0 Å². The van der Waals surface area contributed by atoms with Gasteiger partial charge < -0.3 is 28.4 Å². The van der Waals surface area contributed by atoms with Crippen molar-refractivity contribution in [1.29, 1.82) is 0 Å². The van der Waals surface area contributed by atoms with Gasteiger partial charge in [-0.2, -0.15) is 0 Å². The Morgan fingerprint density at radius 2 is 0.917 bits per heavy atom. The van der Waals surface area contributed by atoms with Gasteiger partial charge >= 0.3 is 12.2 Å². The van der Waals surface area contributed by atoms with Crippen molar-refractivity contribution < 1.29 is 28.4 Å². The Labute approximate surface area is 291 Å². The maximum absolute atomic E-state index is 6.41. The molecule has 0 amide bonds. The monoisotopic (exact) mass is 673 g/mol. The van der Waals surface area contributed by atoms with Crippen LogP contribution in [0, 0.1) is 40.4 Å². The van der Waals surface area contributed by atoms with Gasteiger partial charge in [-0.3, -0.25) is 0 Å². The third kappa shape index (κ3) is 9.03. The van der Waals surface area contributed by atoms with Crippen LogP contribution in [0.1, 0.15) is 137 Å². The number of methoxy groups -OCH3 is 1. The molecule has 4 aliphatic carbocycles. The first-order valence-electron chi connectivity index (χ1n) is 20.0. The van der Waals surface area contributed by atoms with Crippen molar-refractivity contribution in [3.05, 3.63) is 0 Å². The minimum atomic E-state index is -0.00754. The van der Waals surface area contributed by atoms with Gasteiger partial charge in [0.25, 0.3) is 0 Å². The summed E-state index contributed by atoms with van der Waals surface area (Å²) in [6, 6.07) is 0. The molecule has 6 aliphatic rings. The van der Waals surface area contributed by atoms with Crippen LogP contribution in [-0.4, -0.2) is 76.1 Å². The summed E-state index contributed by atoms with van der Waals surface area (Å²) in [5.74, 6) is 4.10. The molecule has 0 aromatic heterocycles. The second-order valence-electron chi connectivity index (χ2n) is 17.7. The van der Waals surface area contributed by atoms with E-state index in [1.165, 1.54) is 77.0 Å². The van der Waals surface area contributed by atoms with Crippen molar-refractivity contribution in [2.24, 2.45) is 50.4 Å². The van der Waals surface area contributed by atoms with Gasteiger partial charge in [-0.1, -0.05) is 47.5 Å². The molecule has 0 spiro atoms. The molecule has 274 valence electrons. The first-order valence-corrected chi connectivity index (χ1v) is 20.0. The molecule has 2 atom stereocenters. The van der Waals surface area contributed by atoms with Crippen molar-refractivity contribution in [1.82, 2.24) is 0 Å². The Morgan fingerprint density at radius 3 is 1.33 bits per heavy atom. The average molecular weight is 673 g/mol. The molecule has 2 heterocycles. The molecule has 0 N–H and O–H groups in total. The number of nitrogens with zero attached hydrogens (tertiary/aromatic N) is 2. The highest BCUT2D eigenvalue weighted by atomic mass is 16.7. The molecule has 0 aromatic rings. The summed E-state index contributed by atoms with van der Waals surface area (Å²) < 4.78 is 36.0. The lowest BCUT2D eigenvalue weighted by atomic mass is 9.60. The van der Waals surface area contributed by atoms with Gasteiger partial charge in [0, 0.05) is 7.11 Å². The van der Waals surface area contributed by atoms with E-state index in [4.69, 9.17) is 28.4 Å². The van der Waals surface area contributed by atoms with E-state index in [1.807, 2.05) is 0 Å². The molecule has 0 aromatic carbocycles. The fourth-order valence-corrected chi connectivity index (χ4v) is 10.3. The minimum Gasteiger partial charge on any atom is -0.447 e. The molecule has 8 nitrogen and oxygen atoms in total. The predicted molar refractivity (Wildman–Crippen MR) is 190 cm³/mol. The van der Waals surface area contributed by atoms with Crippen LogP contribution in [-0.2, 0) is 28.4 Å². The second kappa shape index (κ2) is 16.2. The summed E-state index contributed by atoms with van der Waals surface area (Å²) in [6.07, 6.45) is 21.5. The van der Waals surface area contributed by atoms with Crippen molar-refractivity contribution in [3.63, 3.8) is 0 Å². The number of hydrogen-bond acceptors (Lipinski definition) is 8. The van der Waals surface area contributed by atoms with Crippen LogP contribution in [0.25, 0.3) is 0 Å². The maximum atomic E-state index is 6.41. The molecule has 2 aliphatic heterocycles. The van der Waals surface area contributed by atoms with Crippen LogP contribution in [0.3, 0.4) is 0 Å². The van der Waals surface area contributed by atoms with Crippen LogP contribution in [0.5, 0.6) is 0 Å². The predicted octanol–water partition coefficient (Wildman–Crippen LogP) is 8.75. The Kier molecular flexibility index (Phi) is 12.2. The van der Waals surface area contributed by atoms with Crippen LogP contribution < -0.4 is 0 Å². The molecule has 4 saturated carbocycles. The fraction of sp³-hybridized carbons (Fsp3) is 0.950. The van der Waals surface area contributed by atoms with E-state index in [2.05, 4.69) is 44.6 Å². The molecule has 0 bridgehead atoms. The molecular weight excluding hydrogens is 604 g/mol. The third-order valence-corrected chi connectivity index (χ3v) is 14.0. The zero-order valence-electron chi connectivity index (χ0n) is 31.3. The normalized spacial score (nSPS) is 38.0. The molecule has 8 heteroatoms. The highest BCUT2D eigenvalue weighted by Gasteiger charge is 2.43. The maximum Gasteiger partial charge on any atom is 0.384 e. The summed E-state index contributed by atoms with van der Waals surface area (Å²) in [7, 11) is 1.69. The molecule has 6 rings (SSSR count). The number of ether oxygens (including phenoxy) is 6. The van der Waals surface area contributed by atoms with Crippen molar-refractivity contribution >= 4 is 12.2 Å². The van der Waals surface area contributed by atoms with Crippen LogP contribution >= 0.6 is 0 Å². The largest absolute Gasteiger partial charge is 0.447 e. The summed E-state index contributed by atoms with van der Waals surface area (Å²) in [5, 5.41) is 0. The van der Waals surface area contributed by atoms with Crippen LogP contribution in [0.15, 0.2) is 9.98 Å². The standard InChI is InChI=1S/C40H68N2O6/c1-27-7-9-28(10-8-27)39(2,3)29-11-17-32(18-12-29)44-26-36-24-42-38(48-36)46-34-21-15-31(16-22-34)40(4,5)30-13-19-33(20-14-30)45-37-41-23-35(47-37)25-43-6/h27-36H,7-26H2,1-6H3. The van der Waals surface area contributed by atoms with Crippen LogP contribution in [0.4, 0.5) is 0 Å². The zero-order chi connectivity index (χ0) is 33.7. The lowest BCUT2D eigenvalue weighted by molar-refractivity contribution is -0.0462. The summed E-state index contributed by atoms with van der Waals surface area (Å²) >= 11 is 0. The van der Waals surface area contributed by atoms with Crippen LogP contribution in [0.2, 0.25) is 0 Å². The fourth-order valence-electron chi connectivity index (χ4n) is 10.3. The highest BCUT2D eigenvalue weighted by molar-refractivity contribution is 5.69. The Hall–Kier alpha value is -1.54. The number of aliphatic imine (C=N–C) groups is 2. The van der Waals surface area contributed by atoms with Crippen molar-refractivity contribution in [2.45, 2.75) is 168 Å². The first kappa shape index (κ1) is 36.3. The zero-order valence-corrected chi connectivity index (χ0v) is 31.3. The van der Waals surface area contributed by atoms with E-state index in [-0.39, 0.29) is 24.4 Å². The minimum absolute atomic E-state index is 0.00493. The van der Waals surface area contributed by atoms with Gasteiger partial charge in [0.15, 0.2) is 0 Å². The average Bonchev–Trinajstić information content (AvgIpc) is 3.74. The molecule has 0 radical (unpaired) electrons. The molecule has 48 heavy (non-hydrogen) atoms. The van der Waals surface area contributed by atoms with E-state index in [1.54, 1.807) is 7.11 Å². The Morgan fingerprint density at radius 1 is 0.542 bits per heavy atom. The lowest BCUT2D eigenvalue weighted by Crippen LogP contribution is -2.39.